The Kier molecular flexibility index (Phi) is 5.61. The first-order chi connectivity index (χ1) is 9.70. The zero-order valence-corrected chi connectivity index (χ0v) is 13.2. The van der Waals surface area contributed by atoms with E-state index in [-0.39, 0.29) is 5.97 Å². The summed E-state index contributed by atoms with van der Waals surface area (Å²) in [6.07, 6.45) is 2.79. The number of carbonyl (C=O) groups is 1. The van der Waals surface area contributed by atoms with E-state index in [1.165, 1.54) is 10.4 Å². The molecule has 3 nitrogen and oxygen atoms in total. The van der Waals surface area contributed by atoms with Crippen LogP contribution in [0, 0.1) is 6.92 Å². The Morgan fingerprint density at radius 2 is 2.10 bits per heavy atom. The Morgan fingerprint density at radius 1 is 1.35 bits per heavy atom. The molecule has 5 heteroatoms. The van der Waals surface area contributed by atoms with Gasteiger partial charge in [-0.3, -0.25) is 0 Å². The van der Waals surface area contributed by atoms with Gasteiger partial charge in [-0.05, 0) is 30.9 Å². The number of hydrogen-bond acceptors (Lipinski definition) is 5. The van der Waals surface area contributed by atoms with Gasteiger partial charge in [-0.2, -0.15) is 11.8 Å². The fraction of sp³-hybridized carbons (Fsp3) is 0.333. The number of aromatic nitrogens is 1. The highest BCUT2D eigenvalue weighted by Gasteiger charge is 2.08. The normalized spacial score (nSPS) is 10.5. The van der Waals surface area contributed by atoms with Crippen LogP contribution < -0.4 is 0 Å². The van der Waals surface area contributed by atoms with E-state index in [9.17, 15) is 4.79 Å². The van der Waals surface area contributed by atoms with Gasteiger partial charge in [-0.1, -0.05) is 12.1 Å². The number of benzene rings is 1. The molecule has 1 aromatic heterocycles. The molecule has 2 aromatic rings. The van der Waals surface area contributed by atoms with E-state index in [2.05, 4.69) is 11.2 Å². The highest BCUT2D eigenvalue weighted by molar-refractivity contribution is 7.97. The summed E-state index contributed by atoms with van der Waals surface area (Å²) in [5.74, 6) is 0.697. The Hall–Kier alpha value is -1.33. The van der Waals surface area contributed by atoms with Gasteiger partial charge in [0.2, 0.25) is 0 Å². The molecular weight excluding hydrogens is 290 g/mol. The highest BCUT2D eigenvalue weighted by Crippen LogP contribution is 2.14. The van der Waals surface area contributed by atoms with Crippen LogP contribution in [0.25, 0.3) is 0 Å². The van der Waals surface area contributed by atoms with Gasteiger partial charge in [0.05, 0.1) is 23.4 Å². The summed E-state index contributed by atoms with van der Waals surface area (Å²) in [4.78, 5) is 17.2. The van der Waals surface area contributed by atoms with Crippen LogP contribution >= 0.6 is 23.1 Å². The molecule has 1 heterocycles. The Balaban J connectivity index is 1.84. The zero-order chi connectivity index (χ0) is 14.4. The first-order valence-electron chi connectivity index (χ1n) is 6.34. The van der Waals surface area contributed by atoms with Crippen LogP contribution in [0.5, 0.6) is 0 Å². The second-order valence-corrected chi connectivity index (χ2v) is 6.18. The summed E-state index contributed by atoms with van der Waals surface area (Å²) in [5.41, 5.74) is 4.66. The van der Waals surface area contributed by atoms with Crippen molar-refractivity contribution in [3.8, 4) is 0 Å². The number of esters is 1. The lowest BCUT2D eigenvalue weighted by molar-refractivity contribution is 0.0510. The van der Waals surface area contributed by atoms with Crippen LogP contribution in [-0.4, -0.2) is 23.8 Å². The van der Waals surface area contributed by atoms with Crippen LogP contribution in [0.4, 0.5) is 0 Å². The topological polar surface area (TPSA) is 39.2 Å². The highest BCUT2D eigenvalue weighted by atomic mass is 32.2. The summed E-state index contributed by atoms with van der Waals surface area (Å²) < 4.78 is 5.29. The second kappa shape index (κ2) is 7.45. The molecule has 0 saturated carbocycles. The number of aryl methyl sites for hydroxylation is 1. The Bertz CT molecular complexity index is 564. The van der Waals surface area contributed by atoms with Gasteiger partial charge in [0.1, 0.15) is 0 Å². The van der Waals surface area contributed by atoms with Crippen molar-refractivity contribution < 1.29 is 9.53 Å². The molecule has 0 aliphatic rings. The Labute approximate surface area is 127 Å². The molecule has 0 amide bonds. The van der Waals surface area contributed by atoms with E-state index in [4.69, 9.17) is 4.74 Å². The van der Waals surface area contributed by atoms with Crippen molar-refractivity contribution >= 4 is 29.1 Å². The summed E-state index contributed by atoms with van der Waals surface area (Å²) in [6.45, 7) is 2.37. The molecule has 0 unspecified atom stereocenters. The number of ether oxygens (including phenoxy) is 1. The summed E-state index contributed by atoms with van der Waals surface area (Å²) >= 11 is 3.36. The monoisotopic (exact) mass is 307 g/mol. The molecule has 0 aliphatic heterocycles. The minimum absolute atomic E-state index is 0.261. The van der Waals surface area contributed by atoms with Crippen molar-refractivity contribution in [3.63, 3.8) is 0 Å². The molecule has 0 atom stereocenters. The largest absolute Gasteiger partial charge is 0.462 e. The molecule has 0 aliphatic carbocycles. The van der Waals surface area contributed by atoms with Gasteiger partial charge in [0, 0.05) is 17.1 Å². The standard InChI is InChI=1S/C15H17NO2S2/c1-11-14(20-10-16-11)7-8-18-15(17)13-5-3-12(4-6-13)9-19-2/h3-6,10H,7-9H2,1-2H3. The predicted octanol–water partition coefficient (Wildman–Crippen LogP) is 3.71. The summed E-state index contributed by atoms with van der Waals surface area (Å²) in [5, 5.41) is 0. The molecule has 1 aromatic carbocycles. The molecule has 20 heavy (non-hydrogen) atoms. The molecule has 0 saturated heterocycles. The van der Waals surface area contributed by atoms with Crippen molar-refractivity contribution in [2.45, 2.75) is 19.1 Å². The van der Waals surface area contributed by atoms with Crippen LogP contribution in [-0.2, 0) is 16.9 Å². The van der Waals surface area contributed by atoms with E-state index >= 15 is 0 Å². The summed E-state index contributed by atoms with van der Waals surface area (Å²) in [6, 6.07) is 7.60. The van der Waals surface area contributed by atoms with Crippen molar-refractivity contribution in [1.29, 1.82) is 0 Å². The fourth-order valence-corrected chi connectivity index (χ4v) is 3.08. The van der Waals surface area contributed by atoms with Crippen molar-refractivity contribution in [2.75, 3.05) is 12.9 Å². The number of carbonyl (C=O) groups excluding carboxylic acids is 1. The number of hydrogen-bond donors (Lipinski definition) is 0. The van der Waals surface area contributed by atoms with E-state index in [1.54, 1.807) is 23.1 Å². The smallest absolute Gasteiger partial charge is 0.338 e. The molecule has 0 radical (unpaired) electrons. The molecule has 0 fully saturated rings. The van der Waals surface area contributed by atoms with Crippen LogP contribution in [0.1, 0.15) is 26.5 Å². The fourth-order valence-electron chi connectivity index (χ4n) is 1.79. The van der Waals surface area contributed by atoms with Gasteiger partial charge < -0.3 is 4.74 Å². The Morgan fingerprint density at radius 3 is 2.70 bits per heavy atom. The number of thioether (sulfide) groups is 1. The number of rotatable bonds is 6. The van der Waals surface area contributed by atoms with E-state index < -0.39 is 0 Å². The third kappa shape index (κ3) is 4.08. The SMILES string of the molecule is CSCc1ccc(C(=O)OCCc2scnc2C)cc1. The molecule has 0 spiro atoms. The van der Waals surface area contributed by atoms with E-state index in [0.717, 1.165) is 17.9 Å². The maximum Gasteiger partial charge on any atom is 0.338 e. The minimum atomic E-state index is -0.261. The van der Waals surface area contributed by atoms with Gasteiger partial charge >= 0.3 is 5.97 Å². The molecule has 0 bridgehead atoms. The first kappa shape index (κ1) is 15.1. The molecule has 0 N–H and O–H groups in total. The van der Waals surface area contributed by atoms with Crippen molar-refractivity contribution in [3.05, 3.63) is 51.5 Å². The first-order valence-corrected chi connectivity index (χ1v) is 8.62. The van der Waals surface area contributed by atoms with Crippen LogP contribution in [0.15, 0.2) is 29.8 Å². The van der Waals surface area contributed by atoms with E-state index in [0.29, 0.717) is 12.2 Å². The van der Waals surface area contributed by atoms with Gasteiger partial charge in [-0.15, -0.1) is 11.3 Å². The summed E-state index contributed by atoms with van der Waals surface area (Å²) in [7, 11) is 0. The quantitative estimate of drug-likeness (QED) is 0.763. The maximum absolute atomic E-state index is 11.9. The van der Waals surface area contributed by atoms with Gasteiger partial charge in [0.25, 0.3) is 0 Å². The van der Waals surface area contributed by atoms with Gasteiger partial charge in [0.15, 0.2) is 0 Å². The van der Waals surface area contributed by atoms with Crippen LogP contribution in [0.2, 0.25) is 0 Å². The second-order valence-electron chi connectivity index (χ2n) is 4.38. The molecule has 106 valence electrons. The lowest BCUT2D eigenvalue weighted by Gasteiger charge is -2.05. The van der Waals surface area contributed by atoms with Crippen molar-refractivity contribution in [1.82, 2.24) is 4.98 Å². The minimum Gasteiger partial charge on any atom is -0.462 e. The number of nitrogens with zero attached hydrogens (tertiary/aromatic N) is 1. The zero-order valence-electron chi connectivity index (χ0n) is 11.6. The average molecular weight is 307 g/mol. The van der Waals surface area contributed by atoms with Gasteiger partial charge in [-0.25, -0.2) is 9.78 Å². The van der Waals surface area contributed by atoms with E-state index in [1.807, 2.05) is 36.7 Å². The average Bonchev–Trinajstić information content (AvgIpc) is 2.85. The third-order valence-corrected chi connectivity index (χ3v) is 4.52. The maximum atomic E-state index is 11.9. The lowest BCUT2D eigenvalue weighted by Crippen LogP contribution is -2.08. The molecular formula is C15H17NO2S2. The van der Waals surface area contributed by atoms with Crippen LogP contribution in [0.3, 0.4) is 0 Å². The predicted molar refractivity (Wildman–Crippen MR) is 84.5 cm³/mol. The number of thiazole rings is 1. The third-order valence-electron chi connectivity index (χ3n) is 2.91. The molecule has 2 rings (SSSR count). The lowest BCUT2D eigenvalue weighted by atomic mass is 10.1. The van der Waals surface area contributed by atoms with Crippen molar-refractivity contribution in [2.24, 2.45) is 0 Å².